The fourth-order valence-electron chi connectivity index (χ4n) is 0.592. The SMILES string of the molecule is NCCCC[C@H](N)C=O.[Cu]. The van der Waals surface area contributed by atoms with E-state index in [4.69, 9.17) is 11.5 Å². The molecule has 0 aliphatic rings. The topological polar surface area (TPSA) is 69.1 Å². The van der Waals surface area contributed by atoms with E-state index in [1.165, 1.54) is 0 Å². The monoisotopic (exact) mass is 193 g/mol. The normalized spacial score (nSPS) is 11.8. The number of carbonyl (C=O) groups is 1. The molecular weight excluding hydrogens is 180 g/mol. The third kappa shape index (κ3) is 8.11. The Morgan fingerprint density at radius 2 is 2.00 bits per heavy atom. The van der Waals surface area contributed by atoms with Crippen molar-refractivity contribution in [1.82, 2.24) is 0 Å². The molecule has 0 aliphatic heterocycles. The Morgan fingerprint density at radius 3 is 2.40 bits per heavy atom. The smallest absolute Gasteiger partial charge is 0.136 e. The zero-order valence-electron chi connectivity index (χ0n) is 5.85. The van der Waals surface area contributed by atoms with Gasteiger partial charge >= 0.3 is 0 Å². The standard InChI is InChI=1S/C6H14N2O.Cu/c7-4-2-1-3-6(8)5-9;/h5-6H,1-4,7-8H2;/t6-;/m0./s1. The molecule has 0 aromatic carbocycles. The molecule has 0 aromatic heterocycles. The second-order valence-corrected chi connectivity index (χ2v) is 2.08. The van der Waals surface area contributed by atoms with Gasteiger partial charge in [0.15, 0.2) is 0 Å². The predicted molar refractivity (Wildman–Crippen MR) is 36.9 cm³/mol. The Morgan fingerprint density at radius 1 is 1.40 bits per heavy atom. The summed E-state index contributed by atoms with van der Waals surface area (Å²) in [6.45, 7) is 0.686. The molecule has 4 N–H and O–H groups in total. The Hall–Kier alpha value is 0.109. The van der Waals surface area contributed by atoms with Gasteiger partial charge in [0.05, 0.1) is 6.04 Å². The van der Waals surface area contributed by atoms with Gasteiger partial charge in [0, 0.05) is 17.1 Å². The van der Waals surface area contributed by atoms with E-state index in [2.05, 4.69) is 0 Å². The first-order valence-electron chi connectivity index (χ1n) is 3.22. The van der Waals surface area contributed by atoms with Crippen molar-refractivity contribution in [2.45, 2.75) is 25.3 Å². The van der Waals surface area contributed by atoms with Crippen LogP contribution in [0.4, 0.5) is 0 Å². The summed E-state index contributed by atoms with van der Waals surface area (Å²) in [5, 5.41) is 0. The number of nitrogens with two attached hydrogens (primary N) is 2. The van der Waals surface area contributed by atoms with E-state index < -0.39 is 0 Å². The predicted octanol–water partition coefficient (Wildman–Crippen LogP) is -0.361. The van der Waals surface area contributed by atoms with Crippen LogP contribution in [0.5, 0.6) is 0 Å². The molecule has 1 atom stereocenters. The third-order valence-corrected chi connectivity index (χ3v) is 1.17. The van der Waals surface area contributed by atoms with E-state index >= 15 is 0 Å². The number of hydrogen-bond donors (Lipinski definition) is 2. The van der Waals surface area contributed by atoms with Crippen molar-refractivity contribution in [3.8, 4) is 0 Å². The van der Waals surface area contributed by atoms with Crippen LogP contribution in [-0.4, -0.2) is 18.9 Å². The number of hydrogen-bond acceptors (Lipinski definition) is 3. The van der Waals surface area contributed by atoms with Gasteiger partial charge in [-0.15, -0.1) is 0 Å². The first-order valence-corrected chi connectivity index (χ1v) is 3.22. The van der Waals surface area contributed by atoms with Crippen molar-refractivity contribution in [1.29, 1.82) is 0 Å². The van der Waals surface area contributed by atoms with Crippen molar-refractivity contribution >= 4 is 6.29 Å². The van der Waals surface area contributed by atoms with Crippen LogP contribution in [0.2, 0.25) is 0 Å². The minimum Gasteiger partial charge on any atom is -0.330 e. The van der Waals surface area contributed by atoms with Crippen LogP contribution in [0.1, 0.15) is 19.3 Å². The average molecular weight is 194 g/mol. The molecule has 0 fully saturated rings. The van der Waals surface area contributed by atoms with Crippen molar-refractivity contribution in [3.63, 3.8) is 0 Å². The van der Waals surface area contributed by atoms with E-state index in [1.807, 2.05) is 0 Å². The van der Waals surface area contributed by atoms with Gasteiger partial charge in [-0.2, -0.15) is 0 Å². The van der Waals surface area contributed by atoms with Crippen molar-refractivity contribution in [3.05, 3.63) is 0 Å². The molecule has 0 unspecified atom stereocenters. The summed E-state index contributed by atoms with van der Waals surface area (Å²) in [5.41, 5.74) is 10.5. The van der Waals surface area contributed by atoms with Gasteiger partial charge in [0.1, 0.15) is 6.29 Å². The summed E-state index contributed by atoms with van der Waals surface area (Å²) in [6, 6.07) is -0.281. The molecular formula is C6H14CuN2O. The number of unbranched alkanes of at least 4 members (excludes halogenated alkanes) is 1. The van der Waals surface area contributed by atoms with Gasteiger partial charge < -0.3 is 16.3 Å². The van der Waals surface area contributed by atoms with E-state index in [0.29, 0.717) is 6.54 Å². The molecule has 0 amide bonds. The first kappa shape index (κ1) is 12.8. The van der Waals surface area contributed by atoms with Crippen LogP contribution in [0.15, 0.2) is 0 Å². The number of aldehydes is 1. The van der Waals surface area contributed by atoms with Gasteiger partial charge in [0.2, 0.25) is 0 Å². The summed E-state index contributed by atoms with van der Waals surface area (Å²) in [4.78, 5) is 9.94. The van der Waals surface area contributed by atoms with Crippen LogP contribution in [0.25, 0.3) is 0 Å². The molecule has 65 valence electrons. The van der Waals surface area contributed by atoms with Crippen molar-refractivity contribution in [2.24, 2.45) is 11.5 Å². The summed E-state index contributed by atoms with van der Waals surface area (Å²) in [5.74, 6) is 0. The van der Waals surface area contributed by atoms with Gasteiger partial charge in [-0.25, -0.2) is 0 Å². The first-order chi connectivity index (χ1) is 4.31. The second-order valence-electron chi connectivity index (χ2n) is 2.08. The van der Waals surface area contributed by atoms with Gasteiger partial charge in [-0.05, 0) is 19.4 Å². The van der Waals surface area contributed by atoms with E-state index in [0.717, 1.165) is 25.5 Å². The quantitative estimate of drug-likeness (QED) is 0.356. The van der Waals surface area contributed by atoms with E-state index in [1.54, 1.807) is 0 Å². The molecule has 3 nitrogen and oxygen atoms in total. The third-order valence-electron chi connectivity index (χ3n) is 1.17. The Bertz CT molecular complexity index is 80.1. The molecule has 0 saturated carbocycles. The molecule has 4 heteroatoms. The van der Waals surface area contributed by atoms with Gasteiger partial charge in [0.25, 0.3) is 0 Å². The molecule has 0 bridgehead atoms. The van der Waals surface area contributed by atoms with Crippen LogP contribution in [0.3, 0.4) is 0 Å². The molecule has 0 spiro atoms. The van der Waals surface area contributed by atoms with Gasteiger partial charge in [-0.1, -0.05) is 6.42 Å². The minimum absolute atomic E-state index is 0. The average Bonchev–Trinajstić information content (AvgIpc) is 1.89. The summed E-state index contributed by atoms with van der Waals surface area (Å²) in [7, 11) is 0. The number of carbonyl (C=O) groups excluding carboxylic acids is 1. The maximum atomic E-state index is 9.94. The fourth-order valence-corrected chi connectivity index (χ4v) is 0.592. The molecule has 0 aromatic rings. The summed E-state index contributed by atoms with van der Waals surface area (Å²) in [6.07, 6.45) is 3.45. The molecule has 1 radical (unpaired) electrons. The summed E-state index contributed by atoms with van der Waals surface area (Å²) < 4.78 is 0. The van der Waals surface area contributed by atoms with Crippen LogP contribution in [-0.2, 0) is 21.9 Å². The molecule has 10 heavy (non-hydrogen) atoms. The zero-order chi connectivity index (χ0) is 7.11. The summed E-state index contributed by atoms with van der Waals surface area (Å²) >= 11 is 0. The Kier molecular flexibility index (Phi) is 11.6. The van der Waals surface area contributed by atoms with Crippen LogP contribution in [0, 0.1) is 0 Å². The minimum atomic E-state index is -0.281. The molecule has 0 saturated heterocycles. The molecule has 0 rings (SSSR count). The Balaban J connectivity index is 0. The van der Waals surface area contributed by atoms with Gasteiger partial charge in [-0.3, -0.25) is 0 Å². The second kappa shape index (κ2) is 9.11. The molecule has 0 heterocycles. The fraction of sp³-hybridized carbons (Fsp3) is 0.833. The van der Waals surface area contributed by atoms with Crippen molar-refractivity contribution in [2.75, 3.05) is 6.54 Å². The Labute approximate surface area is 72.0 Å². The molecule has 0 aliphatic carbocycles. The maximum absolute atomic E-state index is 9.94. The van der Waals surface area contributed by atoms with E-state index in [-0.39, 0.29) is 23.1 Å². The van der Waals surface area contributed by atoms with Crippen LogP contribution >= 0.6 is 0 Å². The maximum Gasteiger partial charge on any atom is 0.136 e. The van der Waals surface area contributed by atoms with Crippen LogP contribution < -0.4 is 11.5 Å². The van der Waals surface area contributed by atoms with E-state index in [9.17, 15) is 4.79 Å². The zero-order valence-corrected chi connectivity index (χ0v) is 6.79. The van der Waals surface area contributed by atoms with Crippen molar-refractivity contribution < 1.29 is 21.9 Å². The largest absolute Gasteiger partial charge is 0.330 e. The number of rotatable bonds is 5.